The number of nitrogens with two attached hydrogens (primary N) is 1. The lowest BCUT2D eigenvalue weighted by Gasteiger charge is -2.26. The summed E-state index contributed by atoms with van der Waals surface area (Å²) in [6.07, 6.45) is -7.32. The smallest absolute Gasteiger partial charge is 0.416 e. The second-order valence-corrected chi connectivity index (χ2v) is 4.90. The quantitative estimate of drug-likeness (QED) is 0.840. The van der Waals surface area contributed by atoms with E-state index >= 15 is 0 Å². The largest absolute Gasteiger partial charge is 0.487 e. The van der Waals surface area contributed by atoms with Crippen molar-refractivity contribution in [2.24, 2.45) is 5.73 Å². The van der Waals surface area contributed by atoms with Crippen LogP contribution in [0.15, 0.2) is 12.1 Å². The van der Waals surface area contributed by atoms with Crippen LogP contribution >= 0.6 is 0 Å². The topological polar surface area (TPSA) is 55.5 Å². The van der Waals surface area contributed by atoms with Crippen LogP contribution in [-0.4, -0.2) is 24.7 Å². The minimum absolute atomic E-state index is 0.00301. The lowest BCUT2D eigenvalue weighted by atomic mass is 9.91. The summed E-state index contributed by atoms with van der Waals surface area (Å²) in [5, 5.41) is 10.3. The fraction of sp³-hybridized carbons (Fsp3) is 0.538. The highest BCUT2D eigenvalue weighted by Gasteiger charge is 2.46. The van der Waals surface area contributed by atoms with Crippen LogP contribution in [0, 0.1) is 0 Å². The van der Waals surface area contributed by atoms with Gasteiger partial charge in [-0.2, -0.15) is 13.2 Å². The molecule has 0 fully saturated rings. The van der Waals surface area contributed by atoms with Gasteiger partial charge in [0.15, 0.2) is 0 Å². The van der Waals surface area contributed by atoms with Gasteiger partial charge in [0, 0.05) is 17.7 Å². The molecule has 0 bridgehead atoms. The zero-order valence-corrected chi connectivity index (χ0v) is 10.9. The molecule has 0 radical (unpaired) electrons. The second-order valence-electron chi connectivity index (χ2n) is 4.90. The van der Waals surface area contributed by atoms with Crippen LogP contribution in [0.5, 0.6) is 5.75 Å². The average Bonchev–Trinajstić information content (AvgIpc) is 2.74. The molecule has 1 aliphatic rings. The van der Waals surface area contributed by atoms with Crippen LogP contribution in [0.1, 0.15) is 23.1 Å². The molecule has 1 unspecified atom stereocenters. The van der Waals surface area contributed by atoms with E-state index in [2.05, 4.69) is 0 Å². The zero-order chi connectivity index (χ0) is 15.8. The van der Waals surface area contributed by atoms with Crippen LogP contribution < -0.4 is 10.5 Å². The third kappa shape index (κ3) is 2.96. The molecule has 1 aliphatic carbocycles. The van der Waals surface area contributed by atoms with Gasteiger partial charge in [-0.1, -0.05) is 0 Å². The monoisotopic (exact) mass is 311 g/mol. The van der Waals surface area contributed by atoms with Crippen LogP contribution in [-0.2, 0) is 18.2 Å². The standard InChI is InChI=1S/C13H14F5NO2/c14-10(15)5-21-9-2-1-8(13(16,17)18)11-7(9)3-4-12(11,20)6-19/h1-2,10,20H,3-6,19H2. The summed E-state index contributed by atoms with van der Waals surface area (Å²) in [5.41, 5.74) is 2.31. The lowest BCUT2D eigenvalue weighted by molar-refractivity contribution is -0.140. The number of rotatable bonds is 4. The maximum Gasteiger partial charge on any atom is 0.416 e. The van der Waals surface area contributed by atoms with E-state index in [9.17, 15) is 27.1 Å². The first kappa shape index (κ1) is 16.0. The van der Waals surface area contributed by atoms with Crippen molar-refractivity contribution in [1.29, 1.82) is 0 Å². The van der Waals surface area contributed by atoms with Crippen LogP contribution in [0.3, 0.4) is 0 Å². The molecule has 0 heterocycles. The number of alkyl halides is 5. The number of hydrogen-bond acceptors (Lipinski definition) is 3. The van der Waals surface area contributed by atoms with Gasteiger partial charge in [0.05, 0.1) is 5.56 Å². The Morgan fingerprint density at radius 1 is 1.33 bits per heavy atom. The summed E-state index contributed by atoms with van der Waals surface area (Å²) in [7, 11) is 0. The third-order valence-electron chi connectivity index (χ3n) is 3.53. The predicted molar refractivity (Wildman–Crippen MR) is 64.2 cm³/mol. The highest BCUT2D eigenvalue weighted by molar-refractivity contribution is 5.52. The molecule has 0 aliphatic heterocycles. The lowest BCUT2D eigenvalue weighted by Crippen LogP contribution is -2.34. The SMILES string of the molecule is NCC1(O)CCc2c(OCC(F)F)ccc(C(F)(F)F)c21. The van der Waals surface area contributed by atoms with Crippen molar-refractivity contribution >= 4 is 0 Å². The fourth-order valence-corrected chi connectivity index (χ4v) is 2.59. The van der Waals surface area contributed by atoms with E-state index in [4.69, 9.17) is 10.5 Å². The Bertz CT molecular complexity index is 532. The predicted octanol–water partition coefficient (Wildman–Crippen LogP) is 2.44. The zero-order valence-electron chi connectivity index (χ0n) is 10.9. The first-order valence-corrected chi connectivity index (χ1v) is 6.26. The summed E-state index contributed by atoms with van der Waals surface area (Å²) in [5.74, 6) is -0.0670. The molecule has 2 rings (SSSR count). The molecule has 0 spiro atoms. The van der Waals surface area contributed by atoms with E-state index in [-0.39, 0.29) is 36.3 Å². The van der Waals surface area contributed by atoms with E-state index in [1.165, 1.54) is 0 Å². The molecule has 1 atom stereocenters. The Labute approximate surface area is 117 Å². The van der Waals surface area contributed by atoms with E-state index in [0.717, 1.165) is 12.1 Å². The summed E-state index contributed by atoms with van der Waals surface area (Å²) >= 11 is 0. The number of ether oxygens (including phenoxy) is 1. The van der Waals surface area contributed by atoms with Crippen LogP contribution in [0.2, 0.25) is 0 Å². The molecule has 1 aromatic carbocycles. The molecule has 0 aromatic heterocycles. The number of fused-ring (bicyclic) bond motifs is 1. The van der Waals surface area contributed by atoms with Gasteiger partial charge in [-0.25, -0.2) is 8.78 Å². The molecule has 3 nitrogen and oxygen atoms in total. The van der Waals surface area contributed by atoms with E-state index in [0.29, 0.717) is 0 Å². The highest BCUT2D eigenvalue weighted by atomic mass is 19.4. The molecule has 118 valence electrons. The van der Waals surface area contributed by atoms with Gasteiger partial charge in [0.25, 0.3) is 6.43 Å². The van der Waals surface area contributed by atoms with Crippen LogP contribution in [0.25, 0.3) is 0 Å². The van der Waals surface area contributed by atoms with Crippen molar-refractivity contribution < 1.29 is 31.8 Å². The Hall–Kier alpha value is -1.41. The minimum atomic E-state index is -4.67. The minimum Gasteiger partial charge on any atom is -0.487 e. The first-order valence-electron chi connectivity index (χ1n) is 6.26. The van der Waals surface area contributed by atoms with Gasteiger partial charge in [0.2, 0.25) is 0 Å². The van der Waals surface area contributed by atoms with Gasteiger partial charge < -0.3 is 15.6 Å². The van der Waals surface area contributed by atoms with Gasteiger partial charge in [-0.15, -0.1) is 0 Å². The van der Waals surface area contributed by atoms with E-state index < -0.39 is 30.4 Å². The molecular weight excluding hydrogens is 297 g/mol. The molecule has 8 heteroatoms. The Morgan fingerprint density at radius 3 is 2.52 bits per heavy atom. The van der Waals surface area contributed by atoms with Crippen molar-refractivity contribution in [1.82, 2.24) is 0 Å². The summed E-state index contributed by atoms with van der Waals surface area (Å²) in [4.78, 5) is 0. The number of benzene rings is 1. The number of halogens is 5. The molecular formula is C13H14F5NO2. The van der Waals surface area contributed by atoms with Crippen molar-refractivity contribution in [2.45, 2.75) is 31.0 Å². The molecule has 0 saturated carbocycles. The van der Waals surface area contributed by atoms with Crippen molar-refractivity contribution in [2.75, 3.05) is 13.2 Å². The van der Waals surface area contributed by atoms with Crippen molar-refractivity contribution in [3.05, 3.63) is 28.8 Å². The fourth-order valence-electron chi connectivity index (χ4n) is 2.59. The normalized spacial score (nSPS) is 21.7. The Morgan fingerprint density at radius 2 is 2.00 bits per heavy atom. The highest BCUT2D eigenvalue weighted by Crippen LogP contribution is 2.47. The molecule has 0 saturated heterocycles. The van der Waals surface area contributed by atoms with Gasteiger partial charge in [0.1, 0.15) is 18.0 Å². The molecule has 1 aromatic rings. The summed E-state index contributed by atoms with van der Waals surface area (Å²) < 4.78 is 68.4. The third-order valence-corrected chi connectivity index (χ3v) is 3.53. The maximum absolute atomic E-state index is 13.1. The first-order chi connectivity index (χ1) is 9.69. The van der Waals surface area contributed by atoms with Crippen molar-refractivity contribution in [3.8, 4) is 5.75 Å². The van der Waals surface area contributed by atoms with E-state index in [1.54, 1.807) is 0 Å². The molecule has 21 heavy (non-hydrogen) atoms. The van der Waals surface area contributed by atoms with Crippen LogP contribution in [0.4, 0.5) is 22.0 Å². The Balaban J connectivity index is 2.52. The van der Waals surface area contributed by atoms with Crippen molar-refractivity contribution in [3.63, 3.8) is 0 Å². The maximum atomic E-state index is 13.1. The molecule has 0 amide bonds. The average molecular weight is 311 g/mol. The van der Waals surface area contributed by atoms with Gasteiger partial charge >= 0.3 is 6.18 Å². The Kier molecular flexibility index (Phi) is 4.12. The summed E-state index contributed by atoms with van der Waals surface area (Å²) in [6, 6.07) is 1.73. The van der Waals surface area contributed by atoms with Gasteiger partial charge in [-0.05, 0) is 25.0 Å². The van der Waals surface area contributed by atoms with Gasteiger partial charge in [-0.3, -0.25) is 0 Å². The summed E-state index contributed by atoms with van der Waals surface area (Å²) in [6.45, 7) is -1.31. The van der Waals surface area contributed by atoms with E-state index in [1.807, 2.05) is 0 Å². The molecule has 3 N–H and O–H groups in total. The number of hydrogen-bond donors (Lipinski definition) is 2. The number of aliphatic hydroxyl groups is 1. The second kappa shape index (κ2) is 5.42.